The number of benzene rings is 2. The molecule has 35 heavy (non-hydrogen) atoms. The molecule has 0 spiro atoms. The monoisotopic (exact) mass is 468 g/mol. The van der Waals surface area contributed by atoms with Crippen molar-refractivity contribution in [1.82, 2.24) is 20.0 Å². The number of aromatic nitrogens is 2. The van der Waals surface area contributed by atoms with E-state index in [4.69, 9.17) is 4.42 Å². The van der Waals surface area contributed by atoms with Crippen molar-refractivity contribution in [3.8, 4) is 11.5 Å². The number of hydrogen-bond acceptors (Lipinski definition) is 4. The predicted octanol–water partition coefficient (Wildman–Crippen LogP) is 4.49. The smallest absolute Gasteiger partial charge is 0.273 e. The third-order valence-electron chi connectivity index (χ3n) is 6.69. The minimum atomic E-state index is -1.14. The van der Waals surface area contributed by atoms with Gasteiger partial charge in [0, 0.05) is 19.2 Å². The van der Waals surface area contributed by atoms with Crippen LogP contribution in [0.5, 0.6) is 0 Å². The number of furan rings is 1. The molecule has 3 heterocycles. The standard InChI is InChI=1S/C28H28N4O3/c1-19-8-6-10-21(14-19)16-29-27(34)28(3)18-32-24(15-23(30-32)25-12-7-13-35-25)26(33)31(28)17-22-11-5-4-9-20(22)2/h4-15H,16-18H2,1-3H3,(H,29,34)/t28-/m0/s1. The fourth-order valence-electron chi connectivity index (χ4n) is 4.59. The first-order chi connectivity index (χ1) is 16.8. The van der Waals surface area contributed by atoms with Crippen LogP contribution in [0, 0.1) is 13.8 Å². The van der Waals surface area contributed by atoms with E-state index in [1.807, 2.05) is 69.3 Å². The van der Waals surface area contributed by atoms with Gasteiger partial charge in [-0.1, -0.05) is 54.1 Å². The summed E-state index contributed by atoms with van der Waals surface area (Å²) in [6, 6.07) is 21.3. The number of amides is 2. The Kier molecular flexibility index (Phi) is 5.76. The molecule has 0 aliphatic carbocycles. The molecule has 4 aromatic rings. The Labute approximate surface area is 204 Å². The molecule has 0 saturated carbocycles. The van der Waals surface area contributed by atoms with Gasteiger partial charge in [-0.15, -0.1) is 0 Å². The first-order valence-corrected chi connectivity index (χ1v) is 11.7. The zero-order chi connectivity index (χ0) is 24.6. The molecule has 7 heteroatoms. The molecule has 5 rings (SSSR count). The van der Waals surface area contributed by atoms with Crippen LogP contribution in [0.1, 0.15) is 39.7 Å². The Balaban J connectivity index is 1.50. The molecule has 1 aliphatic rings. The number of carbonyl (C=O) groups is 2. The van der Waals surface area contributed by atoms with Crippen LogP contribution >= 0.6 is 0 Å². The van der Waals surface area contributed by atoms with Gasteiger partial charge in [0.25, 0.3) is 5.91 Å². The van der Waals surface area contributed by atoms with E-state index in [0.29, 0.717) is 30.2 Å². The van der Waals surface area contributed by atoms with Crippen LogP contribution in [-0.4, -0.2) is 32.0 Å². The Morgan fingerprint density at radius 2 is 1.91 bits per heavy atom. The maximum Gasteiger partial charge on any atom is 0.273 e. The second kappa shape index (κ2) is 8.91. The summed E-state index contributed by atoms with van der Waals surface area (Å²) in [6.07, 6.45) is 1.57. The quantitative estimate of drug-likeness (QED) is 0.452. The fourth-order valence-corrected chi connectivity index (χ4v) is 4.59. The molecular weight excluding hydrogens is 440 g/mol. The summed E-state index contributed by atoms with van der Waals surface area (Å²) in [5.74, 6) is 0.121. The van der Waals surface area contributed by atoms with Crippen molar-refractivity contribution in [2.75, 3.05) is 0 Å². The lowest BCUT2D eigenvalue weighted by Crippen LogP contribution is -2.63. The van der Waals surface area contributed by atoms with Gasteiger partial charge in [-0.05, 0) is 49.6 Å². The largest absolute Gasteiger partial charge is 0.463 e. The van der Waals surface area contributed by atoms with E-state index < -0.39 is 5.54 Å². The van der Waals surface area contributed by atoms with Crippen LogP contribution in [0.2, 0.25) is 0 Å². The summed E-state index contributed by atoms with van der Waals surface area (Å²) in [5.41, 5.74) is 4.07. The third kappa shape index (κ3) is 4.25. The average molecular weight is 469 g/mol. The lowest BCUT2D eigenvalue weighted by atomic mass is 9.93. The van der Waals surface area contributed by atoms with E-state index in [9.17, 15) is 9.59 Å². The van der Waals surface area contributed by atoms with Crippen molar-refractivity contribution in [2.45, 2.75) is 45.9 Å². The van der Waals surface area contributed by atoms with Gasteiger partial charge in [0.05, 0.1) is 12.8 Å². The van der Waals surface area contributed by atoms with Crippen molar-refractivity contribution in [3.05, 3.63) is 101 Å². The van der Waals surface area contributed by atoms with Crippen molar-refractivity contribution in [3.63, 3.8) is 0 Å². The zero-order valence-electron chi connectivity index (χ0n) is 20.1. The molecule has 2 aromatic carbocycles. The van der Waals surface area contributed by atoms with Crippen LogP contribution in [0.15, 0.2) is 77.4 Å². The van der Waals surface area contributed by atoms with Crippen LogP contribution in [0.25, 0.3) is 11.5 Å². The van der Waals surface area contributed by atoms with Gasteiger partial charge < -0.3 is 14.6 Å². The predicted molar refractivity (Wildman–Crippen MR) is 132 cm³/mol. The SMILES string of the molecule is Cc1cccc(CNC(=O)[C@]2(C)Cn3nc(-c4ccco4)cc3C(=O)N2Cc2ccccc2C)c1. The summed E-state index contributed by atoms with van der Waals surface area (Å²) >= 11 is 0. The average Bonchev–Trinajstić information content (AvgIpc) is 3.51. The highest BCUT2D eigenvalue weighted by Gasteiger charge is 2.48. The van der Waals surface area contributed by atoms with Crippen LogP contribution in [-0.2, 0) is 24.4 Å². The molecule has 0 saturated heterocycles. The molecule has 7 nitrogen and oxygen atoms in total. The number of rotatable bonds is 6. The summed E-state index contributed by atoms with van der Waals surface area (Å²) in [6.45, 7) is 6.78. The van der Waals surface area contributed by atoms with Crippen LogP contribution < -0.4 is 5.32 Å². The van der Waals surface area contributed by atoms with Crippen molar-refractivity contribution < 1.29 is 14.0 Å². The van der Waals surface area contributed by atoms with E-state index in [-0.39, 0.29) is 18.4 Å². The highest BCUT2D eigenvalue weighted by Crippen LogP contribution is 2.32. The molecule has 1 N–H and O–H groups in total. The van der Waals surface area contributed by atoms with E-state index in [2.05, 4.69) is 10.4 Å². The van der Waals surface area contributed by atoms with E-state index in [1.165, 1.54) is 0 Å². The number of carbonyl (C=O) groups excluding carboxylic acids is 2. The third-order valence-corrected chi connectivity index (χ3v) is 6.69. The van der Waals surface area contributed by atoms with E-state index >= 15 is 0 Å². The van der Waals surface area contributed by atoms with Gasteiger partial charge in [0.15, 0.2) is 5.76 Å². The Morgan fingerprint density at radius 1 is 1.09 bits per heavy atom. The summed E-state index contributed by atoms with van der Waals surface area (Å²) in [7, 11) is 0. The molecule has 0 unspecified atom stereocenters. The maximum absolute atomic E-state index is 13.8. The minimum Gasteiger partial charge on any atom is -0.463 e. The van der Waals surface area contributed by atoms with Gasteiger partial charge in [-0.3, -0.25) is 14.3 Å². The fraction of sp³-hybridized carbons (Fsp3) is 0.250. The highest BCUT2D eigenvalue weighted by molar-refractivity contribution is 6.00. The number of hydrogen-bond donors (Lipinski definition) is 1. The first kappa shape index (κ1) is 22.7. The normalized spacial score (nSPS) is 17.3. The maximum atomic E-state index is 13.8. The van der Waals surface area contributed by atoms with Gasteiger partial charge >= 0.3 is 0 Å². The molecule has 2 amide bonds. The number of aryl methyl sites for hydroxylation is 2. The summed E-state index contributed by atoms with van der Waals surface area (Å²) in [4.78, 5) is 29.2. The molecule has 178 valence electrons. The molecule has 2 aromatic heterocycles. The molecule has 0 fully saturated rings. The van der Waals surface area contributed by atoms with Crippen molar-refractivity contribution in [2.24, 2.45) is 0 Å². The summed E-state index contributed by atoms with van der Waals surface area (Å²) in [5, 5.41) is 7.67. The lowest BCUT2D eigenvalue weighted by Gasteiger charge is -2.43. The second-order valence-electron chi connectivity index (χ2n) is 9.31. The number of fused-ring (bicyclic) bond motifs is 1. The van der Waals surface area contributed by atoms with Crippen molar-refractivity contribution in [1.29, 1.82) is 0 Å². The summed E-state index contributed by atoms with van der Waals surface area (Å²) < 4.78 is 7.11. The minimum absolute atomic E-state index is 0.221. The molecular formula is C28H28N4O3. The Morgan fingerprint density at radius 3 is 2.66 bits per heavy atom. The lowest BCUT2D eigenvalue weighted by molar-refractivity contribution is -0.133. The Bertz CT molecular complexity index is 1390. The van der Waals surface area contributed by atoms with E-state index in [1.54, 1.807) is 34.0 Å². The van der Waals surface area contributed by atoms with Gasteiger partial charge in [0.2, 0.25) is 5.91 Å². The first-order valence-electron chi connectivity index (χ1n) is 11.7. The molecule has 0 bridgehead atoms. The van der Waals surface area contributed by atoms with Gasteiger partial charge in [-0.25, -0.2) is 0 Å². The highest BCUT2D eigenvalue weighted by atomic mass is 16.3. The molecule has 0 radical (unpaired) electrons. The molecule has 1 aliphatic heterocycles. The number of nitrogens with zero attached hydrogens (tertiary/aromatic N) is 3. The van der Waals surface area contributed by atoms with Crippen molar-refractivity contribution >= 4 is 11.8 Å². The molecule has 1 atom stereocenters. The van der Waals surface area contributed by atoms with Crippen LogP contribution in [0.3, 0.4) is 0 Å². The van der Waals surface area contributed by atoms with Gasteiger partial charge in [-0.2, -0.15) is 5.10 Å². The Hall–Kier alpha value is -4.13. The second-order valence-corrected chi connectivity index (χ2v) is 9.31. The number of nitrogens with one attached hydrogen (secondary N) is 1. The topological polar surface area (TPSA) is 80.4 Å². The zero-order valence-corrected chi connectivity index (χ0v) is 20.1. The van der Waals surface area contributed by atoms with Crippen LogP contribution in [0.4, 0.5) is 0 Å². The van der Waals surface area contributed by atoms with E-state index in [0.717, 1.165) is 22.3 Å². The van der Waals surface area contributed by atoms with Gasteiger partial charge in [0.1, 0.15) is 16.9 Å².